The van der Waals surface area contributed by atoms with E-state index >= 15 is 0 Å². The van der Waals surface area contributed by atoms with Gasteiger partial charge in [-0.25, -0.2) is 4.79 Å². The molecule has 7 heteroatoms. The Balaban J connectivity index is 1.96. The molecule has 2 N–H and O–H groups in total. The van der Waals surface area contributed by atoms with E-state index in [0.717, 1.165) is 10.4 Å². The van der Waals surface area contributed by atoms with Gasteiger partial charge in [0.15, 0.2) is 0 Å². The Morgan fingerprint density at radius 1 is 1.16 bits per heavy atom. The van der Waals surface area contributed by atoms with E-state index in [0.29, 0.717) is 28.3 Å². The summed E-state index contributed by atoms with van der Waals surface area (Å²) in [5.41, 5.74) is 1.40. The van der Waals surface area contributed by atoms with Crippen molar-refractivity contribution in [3.05, 3.63) is 45.8 Å². The lowest BCUT2D eigenvalue weighted by Gasteiger charge is -2.42. The minimum atomic E-state index is -0.399. The predicted molar refractivity (Wildman–Crippen MR) is 124 cm³/mol. The standard InChI is InChI=1S/C24H32N2O4S/c1-8-29-22(28)18-17-13-23(4,5)26-24(6,7)19(17)31-21(18)25-20(27)15-9-11-16(12-10-15)30-14(2)3/h9-12,14,26H,8,13H2,1-7H3,(H,25,27). The number of hydrogen-bond acceptors (Lipinski definition) is 6. The van der Waals surface area contributed by atoms with Gasteiger partial charge in [0.2, 0.25) is 0 Å². The van der Waals surface area contributed by atoms with Gasteiger partial charge in [-0.2, -0.15) is 0 Å². The smallest absolute Gasteiger partial charge is 0.341 e. The summed E-state index contributed by atoms with van der Waals surface area (Å²) >= 11 is 1.44. The van der Waals surface area contributed by atoms with Crippen LogP contribution in [0.2, 0.25) is 0 Å². The zero-order valence-electron chi connectivity index (χ0n) is 19.3. The van der Waals surface area contributed by atoms with Gasteiger partial charge in [0.25, 0.3) is 5.91 Å². The lowest BCUT2D eigenvalue weighted by molar-refractivity contribution is 0.0525. The molecule has 0 radical (unpaired) electrons. The number of carbonyl (C=O) groups excluding carboxylic acids is 2. The third-order valence-corrected chi connectivity index (χ3v) is 6.51. The summed E-state index contributed by atoms with van der Waals surface area (Å²) in [5, 5.41) is 7.13. The highest BCUT2D eigenvalue weighted by atomic mass is 32.1. The molecular weight excluding hydrogens is 412 g/mol. The van der Waals surface area contributed by atoms with Crippen molar-refractivity contribution in [2.45, 2.75) is 72.1 Å². The quantitative estimate of drug-likeness (QED) is 0.605. The fraction of sp³-hybridized carbons (Fsp3) is 0.500. The number of thiophene rings is 1. The molecule has 3 rings (SSSR count). The third kappa shape index (κ3) is 5.10. The van der Waals surface area contributed by atoms with Crippen molar-refractivity contribution in [1.29, 1.82) is 0 Å². The van der Waals surface area contributed by atoms with Crippen LogP contribution in [0, 0.1) is 0 Å². The molecule has 0 bridgehead atoms. The molecule has 0 aliphatic carbocycles. The van der Waals surface area contributed by atoms with Crippen molar-refractivity contribution in [2.75, 3.05) is 11.9 Å². The monoisotopic (exact) mass is 444 g/mol. The number of ether oxygens (including phenoxy) is 2. The van der Waals surface area contributed by atoms with E-state index < -0.39 is 5.97 Å². The number of nitrogens with one attached hydrogen (secondary N) is 2. The van der Waals surface area contributed by atoms with Crippen LogP contribution in [0.1, 0.15) is 79.6 Å². The summed E-state index contributed by atoms with van der Waals surface area (Å²) in [5.74, 6) is 0.0372. The van der Waals surface area contributed by atoms with Gasteiger partial charge in [0.05, 0.1) is 18.3 Å². The molecule has 0 atom stereocenters. The molecule has 31 heavy (non-hydrogen) atoms. The van der Waals surface area contributed by atoms with E-state index in [1.54, 1.807) is 31.2 Å². The number of fused-ring (bicyclic) bond motifs is 1. The summed E-state index contributed by atoms with van der Waals surface area (Å²) in [6.07, 6.45) is 0.735. The van der Waals surface area contributed by atoms with Crippen LogP contribution in [0.25, 0.3) is 0 Å². The first kappa shape index (κ1) is 23.3. The minimum absolute atomic E-state index is 0.0606. The second kappa shape index (κ2) is 8.63. The van der Waals surface area contributed by atoms with Crippen LogP contribution in [0.15, 0.2) is 24.3 Å². The van der Waals surface area contributed by atoms with E-state index in [9.17, 15) is 9.59 Å². The largest absolute Gasteiger partial charge is 0.491 e. The molecule has 0 saturated heterocycles. The molecule has 1 aromatic heterocycles. The molecule has 1 amide bonds. The van der Waals surface area contributed by atoms with Crippen LogP contribution in [-0.2, 0) is 16.7 Å². The molecule has 0 spiro atoms. The first-order valence-corrected chi connectivity index (χ1v) is 11.5. The molecule has 0 saturated carbocycles. The maximum Gasteiger partial charge on any atom is 0.341 e. The van der Waals surface area contributed by atoms with Gasteiger partial charge in [-0.05, 0) is 84.7 Å². The molecule has 1 aliphatic heterocycles. The van der Waals surface area contributed by atoms with E-state index in [4.69, 9.17) is 9.47 Å². The SMILES string of the molecule is CCOC(=O)c1c(NC(=O)c2ccc(OC(C)C)cc2)sc2c1CC(C)(C)NC2(C)C. The van der Waals surface area contributed by atoms with Crippen LogP contribution in [0.4, 0.5) is 5.00 Å². The molecule has 1 aromatic carbocycles. The van der Waals surface area contributed by atoms with Gasteiger partial charge < -0.3 is 20.1 Å². The van der Waals surface area contributed by atoms with Crippen molar-refractivity contribution in [3.63, 3.8) is 0 Å². The highest BCUT2D eigenvalue weighted by Gasteiger charge is 2.42. The van der Waals surface area contributed by atoms with Crippen molar-refractivity contribution >= 4 is 28.2 Å². The Bertz CT molecular complexity index is 974. The van der Waals surface area contributed by atoms with Crippen LogP contribution in [-0.4, -0.2) is 30.1 Å². The molecule has 0 unspecified atom stereocenters. The first-order valence-electron chi connectivity index (χ1n) is 10.6. The molecule has 2 heterocycles. The number of anilines is 1. The summed E-state index contributed by atoms with van der Waals surface area (Å²) < 4.78 is 11.0. The second-order valence-electron chi connectivity index (χ2n) is 9.29. The average molecular weight is 445 g/mol. The number of amides is 1. The van der Waals surface area contributed by atoms with Crippen LogP contribution in [0.5, 0.6) is 5.75 Å². The Hall–Kier alpha value is -2.38. The van der Waals surface area contributed by atoms with Crippen molar-refractivity contribution in [1.82, 2.24) is 5.32 Å². The molecule has 1 aliphatic rings. The van der Waals surface area contributed by atoms with E-state index in [-0.39, 0.29) is 29.7 Å². The maximum absolute atomic E-state index is 13.0. The summed E-state index contributed by atoms with van der Waals surface area (Å²) in [7, 11) is 0. The Kier molecular flexibility index (Phi) is 6.48. The van der Waals surface area contributed by atoms with E-state index in [2.05, 4.69) is 38.3 Å². The number of hydrogen-bond donors (Lipinski definition) is 2. The van der Waals surface area contributed by atoms with E-state index in [1.165, 1.54) is 11.3 Å². The summed E-state index contributed by atoms with van der Waals surface area (Å²) in [4.78, 5) is 26.9. The number of carbonyl (C=O) groups is 2. The molecular formula is C24H32N2O4S. The fourth-order valence-electron chi connectivity index (χ4n) is 4.17. The lowest BCUT2D eigenvalue weighted by Crippen LogP contribution is -2.55. The van der Waals surface area contributed by atoms with Gasteiger partial charge in [-0.15, -0.1) is 11.3 Å². The second-order valence-corrected chi connectivity index (χ2v) is 10.3. The Labute approximate surface area is 188 Å². The topological polar surface area (TPSA) is 76.7 Å². The van der Waals surface area contributed by atoms with E-state index in [1.807, 2.05) is 13.8 Å². The van der Waals surface area contributed by atoms with Crippen molar-refractivity contribution < 1.29 is 19.1 Å². The zero-order chi connectivity index (χ0) is 23.0. The highest BCUT2D eigenvalue weighted by molar-refractivity contribution is 7.17. The number of esters is 1. The minimum Gasteiger partial charge on any atom is -0.491 e. The lowest BCUT2D eigenvalue weighted by atomic mass is 9.81. The van der Waals surface area contributed by atoms with Crippen LogP contribution < -0.4 is 15.4 Å². The Morgan fingerprint density at radius 3 is 2.39 bits per heavy atom. The van der Waals surface area contributed by atoms with Gasteiger partial charge in [0.1, 0.15) is 10.8 Å². The van der Waals surface area contributed by atoms with Crippen LogP contribution in [0.3, 0.4) is 0 Å². The van der Waals surface area contributed by atoms with Gasteiger partial charge in [-0.3, -0.25) is 4.79 Å². The Morgan fingerprint density at radius 2 is 1.81 bits per heavy atom. The number of benzene rings is 1. The third-order valence-electron chi connectivity index (χ3n) is 5.04. The highest BCUT2D eigenvalue weighted by Crippen LogP contribution is 2.45. The predicted octanol–water partition coefficient (Wildman–Crippen LogP) is 5.12. The first-order chi connectivity index (χ1) is 14.4. The maximum atomic E-state index is 13.0. The van der Waals surface area contributed by atoms with Crippen LogP contribution >= 0.6 is 11.3 Å². The molecule has 0 fully saturated rings. The van der Waals surface area contributed by atoms with Crippen molar-refractivity contribution in [3.8, 4) is 5.75 Å². The molecule has 2 aromatic rings. The fourth-order valence-corrected chi connectivity index (χ4v) is 5.43. The van der Waals surface area contributed by atoms with Gasteiger partial charge in [-0.1, -0.05) is 0 Å². The van der Waals surface area contributed by atoms with Gasteiger partial charge >= 0.3 is 5.97 Å². The molecule has 168 valence electrons. The summed E-state index contributed by atoms with van der Waals surface area (Å²) in [6, 6.07) is 6.99. The molecule has 6 nitrogen and oxygen atoms in total. The summed E-state index contributed by atoms with van der Waals surface area (Å²) in [6.45, 7) is 14.4. The van der Waals surface area contributed by atoms with Crippen molar-refractivity contribution in [2.24, 2.45) is 0 Å². The average Bonchev–Trinajstić information content (AvgIpc) is 2.99. The number of rotatable bonds is 6. The van der Waals surface area contributed by atoms with Gasteiger partial charge in [0, 0.05) is 21.5 Å². The zero-order valence-corrected chi connectivity index (χ0v) is 20.2. The normalized spacial score (nSPS) is 16.5.